The Hall–Kier alpha value is -3.94. The first kappa shape index (κ1) is 19.8. The van der Waals surface area contributed by atoms with Crippen molar-refractivity contribution in [2.45, 2.75) is 13.8 Å². The third-order valence-corrected chi connectivity index (χ3v) is 4.03. The zero-order valence-corrected chi connectivity index (χ0v) is 16.2. The van der Waals surface area contributed by atoms with Gasteiger partial charge in [-0.3, -0.25) is 4.79 Å². The van der Waals surface area contributed by atoms with Crippen molar-refractivity contribution in [3.05, 3.63) is 71.0 Å². The molecule has 0 aliphatic heterocycles. The molecule has 0 aliphatic rings. The summed E-state index contributed by atoms with van der Waals surface area (Å²) in [5.41, 5.74) is 3.05. The van der Waals surface area contributed by atoms with Crippen molar-refractivity contribution in [1.29, 1.82) is 0 Å². The van der Waals surface area contributed by atoms with Crippen molar-refractivity contribution in [3.63, 3.8) is 0 Å². The van der Waals surface area contributed by atoms with Gasteiger partial charge in [0.1, 0.15) is 5.75 Å². The minimum atomic E-state index is -0.578. The molecule has 3 rings (SSSR count). The van der Waals surface area contributed by atoms with Crippen LogP contribution in [0.5, 0.6) is 5.75 Å². The Bertz CT molecular complexity index is 1060. The van der Waals surface area contributed by atoms with E-state index in [2.05, 4.69) is 25.3 Å². The molecule has 3 aromatic rings. The van der Waals surface area contributed by atoms with Crippen LogP contribution in [0.4, 0.5) is 17.3 Å². The second-order valence-corrected chi connectivity index (χ2v) is 6.36. The summed E-state index contributed by atoms with van der Waals surface area (Å²) in [4.78, 5) is 32.7. The Morgan fingerprint density at radius 2 is 1.69 bits per heavy atom. The van der Waals surface area contributed by atoms with Crippen LogP contribution in [0, 0.1) is 13.8 Å². The number of anilines is 3. The molecule has 148 valence electrons. The van der Waals surface area contributed by atoms with Gasteiger partial charge in [-0.05, 0) is 56.3 Å². The second-order valence-electron chi connectivity index (χ2n) is 6.36. The van der Waals surface area contributed by atoms with Crippen molar-refractivity contribution in [2.75, 3.05) is 17.7 Å². The molecule has 1 amide bonds. The Morgan fingerprint density at radius 1 is 0.966 bits per heavy atom. The molecule has 8 heteroatoms. The maximum Gasteiger partial charge on any atom is 0.337 e. The van der Waals surface area contributed by atoms with E-state index in [-0.39, 0.29) is 17.0 Å². The fourth-order valence-corrected chi connectivity index (χ4v) is 2.73. The molecular weight excluding hydrogens is 372 g/mol. The van der Waals surface area contributed by atoms with Crippen molar-refractivity contribution < 1.29 is 19.4 Å². The lowest BCUT2D eigenvalue weighted by atomic mass is 10.1. The number of aromatic nitrogens is 2. The number of nitrogens with zero attached hydrogens (tertiary/aromatic N) is 2. The first-order chi connectivity index (χ1) is 13.9. The molecule has 0 saturated carbocycles. The second kappa shape index (κ2) is 8.39. The molecule has 8 nitrogen and oxygen atoms in total. The number of benzene rings is 2. The lowest BCUT2D eigenvalue weighted by Crippen LogP contribution is -2.12. The van der Waals surface area contributed by atoms with E-state index in [1.165, 1.54) is 25.3 Å². The van der Waals surface area contributed by atoms with E-state index < -0.39 is 11.9 Å². The molecule has 0 spiro atoms. The van der Waals surface area contributed by atoms with Gasteiger partial charge in [0.2, 0.25) is 5.95 Å². The summed E-state index contributed by atoms with van der Waals surface area (Å²) in [5, 5.41) is 15.8. The van der Waals surface area contributed by atoms with Crippen molar-refractivity contribution in [3.8, 4) is 5.75 Å². The monoisotopic (exact) mass is 392 g/mol. The lowest BCUT2D eigenvalue weighted by molar-refractivity contribution is 0.0600. The van der Waals surface area contributed by atoms with Crippen molar-refractivity contribution in [2.24, 2.45) is 0 Å². The topological polar surface area (TPSA) is 113 Å². The number of phenolic OH excluding ortho intramolecular Hbond substituents is 1. The third kappa shape index (κ3) is 4.86. The maximum absolute atomic E-state index is 12.6. The molecule has 2 aromatic carbocycles. The number of amides is 1. The SMILES string of the molecule is COC(=O)c1ccc(NC(=O)c2cccc(Nc3nc(C)cc(C)n3)c2)c(O)c1. The Kier molecular flexibility index (Phi) is 5.73. The highest BCUT2D eigenvalue weighted by Crippen LogP contribution is 2.25. The number of esters is 1. The number of hydrogen-bond donors (Lipinski definition) is 3. The van der Waals surface area contributed by atoms with Gasteiger partial charge in [0.05, 0.1) is 18.4 Å². The van der Waals surface area contributed by atoms with Crippen LogP contribution in [0.25, 0.3) is 0 Å². The van der Waals surface area contributed by atoms with Crippen LogP contribution in [0.1, 0.15) is 32.1 Å². The van der Waals surface area contributed by atoms with E-state index in [9.17, 15) is 14.7 Å². The Balaban J connectivity index is 1.76. The van der Waals surface area contributed by atoms with Crippen LogP contribution >= 0.6 is 0 Å². The first-order valence-electron chi connectivity index (χ1n) is 8.78. The highest BCUT2D eigenvalue weighted by atomic mass is 16.5. The lowest BCUT2D eigenvalue weighted by Gasteiger charge is -2.10. The van der Waals surface area contributed by atoms with Gasteiger partial charge in [-0.25, -0.2) is 14.8 Å². The Labute approximate surface area is 167 Å². The van der Waals surface area contributed by atoms with E-state index >= 15 is 0 Å². The summed E-state index contributed by atoms with van der Waals surface area (Å²) in [6.07, 6.45) is 0. The molecule has 0 atom stereocenters. The van der Waals surface area contributed by atoms with Crippen LogP contribution < -0.4 is 10.6 Å². The summed E-state index contributed by atoms with van der Waals surface area (Å²) >= 11 is 0. The van der Waals surface area contributed by atoms with E-state index in [0.717, 1.165) is 11.4 Å². The fraction of sp³-hybridized carbons (Fsp3) is 0.143. The number of hydrogen-bond acceptors (Lipinski definition) is 7. The number of aryl methyl sites for hydroxylation is 2. The van der Waals surface area contributed by atoms with Gasteiger partial charge in [0.25, 0.3) is 5.91 Å². The molecular formula is C21H20N4O4. The Morgan fingerprint density at radius 3 is 2.34 bits per heavy atom. The van der Waals surface area contributed by atoms with Crippen molar-refractivity contribution in [1.82, 2.24) is 9.97 Å². The first-order valence-corrected chi connectivity index (χ1v) is 8.78. The summed E-state index contributed by atoms with van der Waals surface area (Å²) in [7, 11) is 1.25. The number of nitrogens with one attached hydrogen (secondary N) is 2. The number of aromatic hydroxyl groups is 1. The van der Waals surface area contributed by atoms with Crippen LogP contribution in [-0.4, -0.2) is 34.1 Å². The number of carbonyl (C=O) groups is 2. The highest BCUT2D eigenvalue weighted by molar-refractivity contribution is 6.06. The number of rotatable bonds is 5. The van der Waals surface area contributed by atoms with Gasteiger partial charge in [-0.15, -0.1) is 0 Å². The average Bonchev–Trinajstić information content (AvgIpc) is 2.68. The van der Waals surface area contributed by atoms with E-state index in [0.29, 0.717) is 17.2 Å². The minimum Gasteiger partial charge on any atom is -0.506 e. The standard InChI is InChI=1S/C21H20N4O4/c1-12-9-13(2)23-21(22-12)24-16-6-4-5-14(10-16)19(27)25-17-8-7-15(11-18(17)26)20(28)29-3/h4-11,26H,1-3H3,(H,25,27)(H,22,23,24). The third-order valence-electron chi connectivity index (χ3n) is 4.03. The minimum absolute atomic E-state index is 0.179. The molecule has 29 heavy (non-hydrogen) atoms. The molecule has 0 fully saturated rings. The summed E-state index contributed by atoms with van der Waals surface area (Å²) in [6, 6.07) is 12.8. The zero-order valence-electron chi connectivity index (χ0n) is 16.2. The predicted octanol–water partition coefficient (Wildman–Crippen LogP) is 3.58. The highest BCUT2D eigenvalue weighted by Gasteiger charge is 2.13. The zero-order chi connectivity index (χ0) is 21.0. The van der Waals surface area contributed by atoms with Gasteiger partial charge in [0, 0.05) is 22.6 Å². The average molecular weight is 392 g/mol. The van der Waals surface area contributed by atoms with Crippen LogP contribution in [-0.2, 0) is 4.74 Å². The van der Waals surface area contributed by atoms with E-state index in [4.69, 9.17) is 0 Å². The number of methoxy groups -OCH3 is 1. The van der Waals surface area contributed by atoms with Crippen molar-refractivity contribution >= 4 is 29.2 Å². The summed E-state index contributed by atoms with van der Waals surface area (Å²) < 4.78 is 4.60. The van der Waals surface area contributed by atoms with Crippen LogP contribution in [0.2, 0.25) is 0 Å². The molecule has 0 bridgehead atoms. The number of ether oxygens (including phenoxy) is 1. The van der Waals surface area contributed by atoms with Gasteiger partial charge in [-0.2, -0.15) is 0 Å². The summed E-state index contributed by atoms with van der Waals surface area (Å²) in [6.45, 7) is 3.75. The molecule has 1 aromatic heterocycles. The largest absolute Gasteiger partial charge is 0.506 e. The molecule has 0 radical (unpaired) electrons. The van der Waals surface area contributed by atoms with Crippen LogP contribution in [0.15, 0.2) is 48.5 Å². The quantitative estimate of drug-likeness (QED) is 0.449. The fourth-order valence-electron chi connectivity index (χ4n) is 2.73. The van der Waals surface area contributed by atoms with E-state index in [1.807, 2.05) is 19.9 Å². The molecule has 0 aliphatic carbocycles. The van der Waals surface area contributed by atoms with Gasteiger partial charge in [0.15, 0.2) is 0 Å². The van der Waals surface area contributed by atoms with Crippen LogP contribution in [0.3, 0.4) is 0 Å². The number of carbonyl (C=O) groups excluding carboxylic acids is 2. The predicted molar refractivity (Wildman–Crippen MR) is 109 cm³/mol. The summed E-state index contributed by atoms with van der Waals surface area (Å²) in [5.74, 6) is -0.795. The molecule has 1 heterocycles. The maximum atomic E-state index is 12.6. The van der Waals surface area contributed by atoms with Gasteiger partial charge < -0.3 is 20.5 Å². The smallest absolute Gasteiger partial charge is 0.337 e. The molecule has 3 N–H and O–H groups in total. The normalized spacial score (nSPS) is 10.3. The van der Waals surface area contributed by atoms with Gasteiger partial charge in [-0.1, -0.05) is 6.07 Å². The molecule has 0 saturated heterocycles. The van der Waals surface area contributed by atoms with Gasteiger partial charge >= 0.3 is 5.97 Å². The van der Waals surface area contributed by atoms with E-state index in [1.54, 1.807) is 24.3 Å². The molecule has 0 unspecified atom stereocenters. The number of phenols is 1.